The maximum absolute atomic E-state index is 13.8. The van der Waals surface area contributed by atoms with E-state index < -0.39 is 34.4 Å². The van der Waals surface area contributed by atoms with E-state index in [1.54, 1.807) is 12.1 Å². The van der Waals surface area contributed by atoms with E-state index in [-0.39, 0.29) is 36.5 Å². The summed E-state index contributed by atoms with van der Waals surface area (Å²) in [7, 11) is -4.00. The highest BCUT2D eigenvalue weighted by Gasteiger charge is 2.42. The number of hydrogen-bond donors (Lipinski definition) is 3. The van der Waals surface area contributed by atoms with Gasteiger partial charge in [0, 0.05) is 34.9 Å². The highest BCUT2D eigenvalue weighted by molar-refractivity contribution is 7.99. The zero-order chi connectivity index (χ0) is 46.9. The average molecular weight is 942 g/mol. The third kappa shape index (κ3) is 11.2. The average Bonchev–Trinajstić information content (AvgIpc) is 3.83. The number of hydrogen-bond acceptors (Lipinski definition) is 9. The van der Waals surface area contributed by atoms with Crippen LogP contribution in [0, 0.1) is 6.92 Å². The first kappa shape index (κ1) is 46.5. The lowest BCUT2D eigenvalue weighted by Crippen LogP contribution is -2.47. The maximum Gasteiger partial charge on any atom is 0.256 e. The summed E-state index contributed by atoms with van der Waals surface area (Å²) >= 11 is 1.49. The number of thioether (sulfide) groups is 1. The van der Waals surface area contributed by atoms with Crippen molar-refractivity contribution < 1.29 is 32.2 Å². The second kappa shape index (κ2) is 21.5. The molecule has 10 nitrogen and oxygen atoms in total. The highest BCUT2D eigenvalue weighted by atomic mass is 32.2. The van der Waals surface area contributed by atoms with Crippen LogP contribution in [0.1, 0.15) is 57.3 Å². The fourth-order valence-corrected chi connectivity index (χ4v) is 10.4. The smallest absolute Gasteiger partial charge is 0.256 e. The van der Waals surface area contributed by atoms with Gasteiger partial charge in [0.15, 0.2) is 12.1 Å². The summed E-state index contributed by atoms with van der Waals surface area (Å²) in [5, 5.41) is 13.4. The molecule has 1 saturated heterocycles. The van der Waals surface area contributed by atoms with Gasteiger partial charge in [0.2, 0.25) is 15.9 Å². The Labute approximate surface area is 401 Å². The molecule has 0 spiro atoms. The summed E-state index contributed by atoms with van der Waals surface area (Å²) in [6.07, 6.45) is -1.44. The molecule has 1 aliphatic heterocycles. The van der Waals surface area contributed by atoms with Gasteiger partial charge in [-0.3, -0.25) is 4.79 Å². The van der Waals surface area contributed by atoms with E-state index in [0.717, 1.165) is 55.8 Å². The molecule has 0 aliphatic carbocycles. The minimum Gasteiger partial charge on any atom is -0.431 e. The first-order valence-electron chi connectivity index (χ1n) is 22.5. The predicted molar refractivity (Wildman–Crippen MR) is 265 cm³/mol. The molecule has 68 heavy (non-hydrogen) atoms. The van der Waals surface area contributed by atoms with Crippen molar-refractivity contribution in [1.82, 2.24) is 15.0 Å². The Morgan fingerprint density at radius 2 is 1.25 bits per heavy atom. The van der Waals surface area contributed by atoms with Gasteiger partial charge in [-0.15, -0.1) is 0 Å². The molecule has 12 heteroatoms. The van der Waals surface area contributed by atoms with Gasteiger partial charge in [0.05, 0.1) is 23.7 Å². The number of rotatable bonds is 17. The van der Waals surface area contributed by atoms with E-state index in [9.17, 15) is 18.3 Å². The summed E-state index contributed by atoms with van der Waals surface area (Å²) in [6, 6.07) is 60.5. The van der Waals surface area contributed by atoms with Crippen LogP contribution in [0.25, 0.3) is 22.6 Å². The summed E-state index contributed by atoms with van der Waals surface area (Å²) in [5.74, 6) is 0.486. The minimum absolute atomic E-state index is 0.0749. The van der Waals surface area contributed by atoms with E-state index in [1.807, 2.05) is 165 Å². The maximum atomic E-state index is 13.8. The number of ether oxygens (including phenoxy) is 2. The Kier molecular flexibility index (Phi) is 14.7. The lowest BCUT2D eigenvalue weighted by atomic mass is 9.84. The van der Waals surface area contributed by atoms with Crippen LogP contribution in [-0.2, 0) is 43.9 Å². The van der Waals surface area contributed by atoms with Gasteiger partial charge < -0.3 is 24.3 Å². The Hall–Kier alpha value is -6.64. The number of aliphatic hydroxyl groups excluding tert-OH is 1. The minimum atomic E-state index is -4.00. The molecule has 0 saturated carbocycles. The second-order valence-electron chi connectivity index (χ2n) is 16.7. The van der Waals surface area contributed by atoms with E-state index in [1.165, 1.54) is 23.9 Å². The van der Waals surface area contributed by atoms with Gasteiger partial charge in [-0.05, 0) is 53.3 Å². The molecule has 9 rings (SSSR count). The molecule has 1 fully saturated rings. The third-order valence-electron chi connectivity index (χ3n) is 12.0. The number of aryl methyl sites for hydroxylation is 1. The first-order valence-corrected chi connectivity index (χ1v) is 25.0. The van der Waals surface area contributed by atoms with Crippen LogP contribution in [0.3, 0.4) is 0 Å². The largest absolute Gasteiger partial charge is 0.431 e. The van der Waals surface area contributed by atoms with E-state index >= 15 is 0 Å². The number of nitrogens with zero attached hydrogens (tertiary/aromatic N) is 1. The van der Waals surface area contributed by atoms with Gasteiger partial charge in [-0.25, -0.2) is 13.4 Å². The van der Waals surface area contributed by atoms with Crippen LogP contribution < -0.4 is 10.0 Å². The van der Waals surface area contributed by atoms with Gasteiger partial charge in [-0.2, -0.15) is 4.72 Å². The summed E-state index contributed by atoms with van der Waals surface area (Å²) in [4.78, 5) is 18.9. The van der Waals surface area contributed by atoms with Crippen molar-refractivity contribution in [1.29, 1.82) is 0 Å². The van der Waals surface area contributed by atoms with Crippen molar-refractivity contribution in [2.24, 2.45) is 0 Å². The van der Waals surface area contributed by atoms with Crippen LogP contribution >= 0.6 is 11.8 Å². The molecule has 7 aromatic carbocycles. The van der Waals surface area contributed by atoms with E-state index in [0.29, 0.717) is 16.7 Å². The molecular weight excluding hydrogens is 891 g/mol. The van der Waals surface area contributed by atoms with E-state index in [4.69, 9.17) is 18.9 Å². The molecule has 344 valence electrons. The van der Waals surface area contributed by atoms with Crippen molar-refractivity contribution >= 4 is 27.7 Å². The number of nitrogens with one attached hydrogen (secondary N) is 2. The van der Waals surface area contributed by atoms with Gasteiger partial charge in [-0.1, -0.05) is 199 Å². The number of carbonyl (C=O) groups is 1. The van der Waals surface area contributed by atoms with Crippen molar-refractivity contribution in [3.63, 3.8) is 0 Å². The molecular formula is C56H51N3O7S2. The van der Waals surface area contributed by atoms with Crippen molar-refractivity contribution in [3.8, 4) is 22.6 Å². The lowest BCUT2D eigenvalue weighted by Gasteiger charge is -2.43. The monoisotopic (exact) mass is 941 g/mol. The Bertz CT molecular complexity index is 2940. The Morgan fingerprint density at radius 3 is 1.90 bits per heavy atom. The fourth-order valence-electron chi connectivity index (χ4n) is 8.36. The summed E-state index contributed by atoms with van der Waals surface area (Å²) in [5.41, 5.74) is 8.76. The SMILES string of the molecule is Cc1ccc(S(=O)(=O)N[C@H](Cc2ccccc2)C(=O)NCc2ccc(C3O[C@H](CSc4nc(-c5ccccc5)c(-c5ccccc5)o4)[C@@H](c4ccccc4)[C@H](c4ccc(CO)cc4)O3)cc2)cc1. The van der Waals surface area contributed by atoms with Crippen LogP contribution in [0.5, 0.6) is 0 Å². The first-order chi connectivity index (χ1) is 33.2. The number of amides is 1. The van der Waals surface area contributed by atoms with Gasteiger partial charge in [0.25, 0.3) is 5.22 Å². The zero-order valence-corrected chi connectivity index (χ0v) is 39.0. The van der Waals surface area contributed by atoms with Crippen molar-refractivity contribution in [2.75, 3.05) is 5.75 Å². The van der Waals surface area contributed by atoms with E-state index in [2.05, 4.69) is 22.2 Å². The van der Waals surface area contributed by atoms with Crippen LogP contribution in [-0.4, -0.2) is 42.3 Å². The molecule has 0 radical (unpaired) electrons. The molecule has 3 N–H and O–H groups in total. The topological polar surface area (TPSA) is 140 Å². The number of aliphatic hydroxyl groups is 1. The molecule has 1 aliphatic rings. The van der Waals surface area contributed by atoms with Crippen LogP contribution in [0.2, 0.25) is 0 Å². The third-order valence-corrected chi connectivity index (χ3v) is 14.4. The molecule has 0 bridgehead atoms. The fraction of sp³-hybridized carbons (Fsp3) is 0.179. The number of benzene rings is 7. The Balaban J connectivity index is 0.971. The molecule has 1 aromatic heterocycles. The second-order valence-corrected chi connectivity index (χ2v) is 19.4. The number of aromatic nitrogens is 1. The van der Waals surface area contributed by atoms with Crippen LogP contribution in [0.4, 0.5) is 0 Å². The molecule has 8 aromatic rings. The highest BCUT2D eigenvalue weighted by Crippen LogP contribution is 2.48. The van der Waals surface area contributed by atoms with Crippen LogP contribution in [0.15, 0.2) is 209 Å². The zero-order valence-electron chi connectivity index (χ0n) is 37.4. The molecule has 1 amide bonds. The number of sulfonamides is 1. The van der Waals surface area contributed by atoms with Gasteiger partial charge in [0.1, 0.15) is 11.7 Å². The molecule has 2 heterocycles. The normalized spacial score (nSPS) is 17.6. The van der Waals surface area contributed by atoms with Crippen molar-refractivity contribution in [2.45, 2.75) is 67.1 Å². The standard InChI is InChI=1S/C56H51N3O7S2/c1-38-22-32-47(33-23-38)68(62,63)59-48(34-39-14-6-2-7-15-39)54(61)57-35-40-24-30-46(31-25-40)55-64-49(50(42-16-8-3-9-17-42)52(65-55)45-28-26-41(36-60)27-29-45)37-67-56-58-51(43-18-10-4-11-19-43)53(66-56)44-20-12-5-13-21-44/h2-33,48-50,52,55,59-60H,34-37H2,1H3,(H,57,61)/t48-,49-,50-,52+,55?/m1/s1. The molecule has 1 unspecified atom stereocenters. The summed E-state index contributed by atoms with van der Waals surface area (Å²) in [6.45, 7) is 1.97. The van der Waals surface area contributed by atoms with Crippen molar-refractivity contribution in [3.05, 3.63) is 233 Å². The molecule has 5 atom stereocenters. The predicted octanol–water partition coefficient (Wildman–Crippen LogP) is 10.7. The summed E-state index contributed by atoms with van der Waals surface area (Å²) < 4.78 is 50.1. The van der Waals surface area contributed by atoms with Gasteiger partial charge >= 0.3 is 0 Å². The number of oxazole rings is 1. The lowest BCUT2D eigenvalue weighted by molar-refractivity contribution is -0.255. The quantitative estimate of drug-likeness (QED) is 0.0761. The number of carbonyl (C=O) groups excluding carboxylic acids is 1. The Morgan fingerprint density at radius 1 is 0.662 bits per heavy atom.